The summed E-state index contributed by atoms with van der Waals surface area (Å²) in [6, 6.07) is 11.0. The van der Waals surface area contributed by atoms with Crippen LogP contribution in [0.3, 0.4) is 0 Å². The minimum absolute atomic E-state index is 0. The Labute approximate surface area is 201 Å². The first kappa shape index (κ1) is 25.4. The average Bonchev–Trinajstić information content (AvgIpc) is 3.14. The zero-order valence-electron chi connectivity index (χ0n) is 19.0. The minimum Gasteiger partial charge on any atom is -0.357 e. The monoisotopic (exact) mass is 527 g/mol. The Morgan fingerprint density at radius 2 is 1.77 bits per heavy atom. The molecule has 2 N–H and O–H groups in total. The molecule has 2 fully saturated rings. The summed E-state index contributed by atoms with van der Waals surface area (Å²) < 4.78 is 0. The standard InChI is InChI=1S/C24H41N5.HI/c1-3-25-23(26-15-9-17-29-18-10-16-28(2)19-20-29)27-21-24(13-7-8-14-24)22-11-5-4-6-12-22;/h4-6,11-12H,3,7-10,13-21H2,1-2H3,(H2,25,26,27);1H. The Kier molecular flexibility index (Phi) is 11.5. The minimum atomic E-state index is 0. The molecule has 3 rings (SSSR count). The van der Waals surface area contributed by atoms with E-state index >= 15 is 0 Å². The van der Waals surface area contributed by atoms with Crippen LogP contribution in [0.15, 0.2) is 35.3 Å². The van der Waals surface area contributed by atoms with E-state index in [1.54, 1.807) is 0 Å². The number of nitrogens with zero attached hydrogens (tertiary/aromatic N) is 3. The Morgan fingerprint density at radius 1 is 1.00 bits per heavy atom. The van der Waals surface area contributed by atoms with E-state index in [-0.39, 0.29) is 29.4 Å². The van der Waals surface area contributed by atoms with Gasteiger partial charge in [-0.25, -0.2) is 0 Å². The summed E-state index contributed by atoms with van der Waals surface area (Å²) in [6.07, 6.45) is 7.60. The molecular weight excluding hydrogens is 485 g/mol. The highest BCUT2D eigenvalue weighted by Gasteiger charge is 2.35. The van der Waals surface area contributed by atoms with Crippen LogP contribution in [-0.4, -0.2) is 75.2 Å². The number of rotatable bonds is 8. The van der Waals surface area contributed by atoms with Crippen LogP contribution in [0.1, 0.15) is 51.0 Å². The van der Waals surface area contributed by atoms with Crippen molar-refractivity contribution in [1.82, 2.24) is 20.4 Å². The Bertz CT molecular complexity index is 615. The molecule has 1 saturated carbocycles. The fourth-order valence-electron chi connectivity index (χ4n) is 4.79. The van der Waals surface area contributed by atoms with Gasteiger partial charge in [0, 0.05) is 31.6 Å². The van der Waals surface area contributed by atoms with Gasteiger partial charge >= 0.3 is 0 Å². The highest BCUT2D eigenvalue weighted by Crippen LogP contribution is 2.41. The van der Waals surface area contributed by atoms with Gasteiger partial charge in [0.15, 0.2) is 5.96 Å². The fraction of sp³-hybridized carbons (Fsp3) is 0.708. The summed E-state index contributed by atoms with van der Waals surface area (Å²) in [4.78, 5) is 10.1. The molecule has 6 heteroatoms. The van der Waals surface area contributed by atoms with Crippen LogP contribution >= 0.6 is 24.0 Å². The zero-order valence-corrected chi connectivity index (χ0v) is 21.4. The third-order valence-corrected chi connectivity index (χ3v) is 6.59. The van der Waals surface area contributed by atoms with E-state index in [1.165, 1.54) is 70.4 Å². The Balaban J connectivity index is 0.00000320. The van der Waals surface area contributed by atoms with Gasteiger partial charge in [-0.15, -0.1) is 24.0 Å². The zero-order chi connectivity index (χ0) is 20.4. The van der Waals surface area contributed by atoms with Crippen LogP contribution < -0.4 is 10.6 Å². The van der Waals surface area contributed by atoms with Crippen LogP contribution in [0.5, 0.6) is 0 Å². The third-order valence-electron chi connectivity index (χ3n) is 6.59. The molecular formula is C24H42IN5. The number of benzene rings is 1. The van der Waals surface area contributed by atoms with E-state index < -0.39 is 0 Å². The van der Waals surface area contributed by atoms with Gasteiger partial charge in [-0.1, -0.05) is 43.2 Å². The molecule has 0 amide bonds. The molecule has 1 heterocycles. The van der Waals surface area contributed by atoms with Crippen LogP contribution in [0.25, 0.3) is 0 Å². The lowest BCUT2D eigenvalue weighted by molar-refractivity contribution is 0.274. The van der Waals surface area contributed by atoms with Crippen molar-refractivity contribution < 1.29 is 0 Å². The molecule has 1 aliphatic heterocycles. The molecule has 0 spiro atoms. The number of aliphatic imine (C=N–C) groups is 1. The van der Waals surface area contributed by atoms with Crippen LogP contribution in [0.4, 0.5) is 0 Å². The number of hydrogen-bond donors (Lipinski definition) is 2. The maximum atomic E-state index is 5.03. The largest absolute Gasteiger partial charge is 0.357 e. The fourth-order valence-corrected chi connectivity index (χ4v) is 4.79. The summed E-state index contributed by atoms with van der Waals surface area (Å²) >= 11 is 0. The number of hydrogen-bond acceptors (Lipinski definition) is 3. The van der Waals surface area contributed by atoms with E-state index in [0.717, 1.165) is 32.0 Å². The number of halogens is 1. The second-order valence-corrected chi connectivity index (χ2v) is 8.83. The summed E-state index contributed by atoms with van der Waals surface area (Å²) in [7, 11) is 2.23. The van der Waals surface area contributed by atoms with Gasteiger partial charge in [0.05, 0.1) is 6.54 Å². The first-order valence-electron chi connectivity index (χ1n) is 11.7. The predicted octanol–water partition coefficient (Wildman–Crippen LogP) is 3.70. The van der Waals surface area contributed by atoms with E-state index in [4.69, 9.17) is 4.99 Å². The van der Waals surface area contributed by atoms with Crippen molar-refractivity contribution in [2.24, 2.45) is 4.99 Å². The molecule has 1 aromatic rings. The van der Waals surface area contributed by atoms with Crippen molar-refractivity contribution in [2.45, 2.75) is 50.9 Å². The van der Waals surface area contributed by atoms with Gasteiger partial charge in [0.25, 0.3) is 0 Å². The molecule has 1 saturated heterocycles. The van der Waals surface area contributed by atoms with E-state index in [0.29, 0.717) is 0 Å². The smallest absolute Gasteiger partial charge is 0.191 e. The lowest BCUT2D eigenvalue weighted by Crippen LogP contribution is -2.40. The molecule has 0 radical (unpaired) electrons. The molecule has 5 nitrogen and oxygen atoms in total. The number of likely N-dealkylation sites (N-methyl/N-ethyl adjacent to an activating group) is 1. The molecule has 0 aromatic heterocycles. The molecule has 1 aliphatic carbocycles. The van der Waals surface area contributed by atoms with Gasteiger partial charge in [-0.3, -0.25) is 4.99 Å². The Morgan fingerprint density at radius 3 is 2.50 bits per heavy atom. The SMILES string of the molecule is CCNC(=NCC1(c2ccccc2)CCCC1)NCCCN1CCCN(C)CC1.I. The number of nitrogens with one attached hydrogen (secondary N) is 2. The number of guanidine groups is 1. The first-order chi connectivity index (χ1) is 14.2. The molecule has 30 heavy (non-hydrogen) atoms. The molecule has 0 unspecified atom stereocenters. The van der Waals surface area contributed by atoms with Crippen molar-refractivity contribution in [2.75, 3.05) is 59.4 Å². The normalized spacial score (nSPS) is 20.4. The van der Waals surface area contributed by atoms with E-state index in [1.807, 2.05) is 0 Å². The van der Waals surface area contributed by atoms with Gasteiger partial charge < -0.3 is 20.4 Å². The summed E-state index contributed by atoms with van der Waals surface area (Å²) in [6.45, 7) is 10.9. The molecule has 0 bridgehead atoms. The molecule has 2 aliphatic rings. The van der Waals surface area contributed by atoms with Crippen molar-refractivity contribution in [3.63, 3.8) is 0 Å². The van der Waals surface area contributed by atoms with Gasteiger partial charge in [0.2, 0.25) is 0 Å². The van der Waals surface area contributed by atoms with E-state index in [2.05, 4.69) is 64.7 Å². The maximum absolute atomic E-state index is 5.03. The highest BCUT2D eigenvalue weighted by atomic mass is 127. The van der Waals surface area contributed by atoms with Crippen molar-refractivity contribution >= 4 is 29.9 Å². The van der Waals surface area contributed by atoms with Gasteiger partial charge in [-0.2, -0.15) is 0 Å². The average molecular weight is 528 g/mol. The molecule has 1 aromatic carbocycles. The van der Waals surface area contributed by atoms with Crippen molar-refractivity contribution in [3.05, 3.63) is 35.9 Å². The summed E-state index contributed by atoms with van der Waals surface area (Å²) in [5, 5.41) is 7.03. The van der Waals surface area contributed by atoms with Gasteiger partial charge in [0.1, 0.15) is 0 Å². The second kappa shape index (κ2) is 13.5. The molecule has 170 valence electrons. The quantitative estimate of drug-likeness (QED) is 0.234. The second-order valence-electron chi connectivity index (χ2n) is 8.83. The topological polar surface area (TPSA) is 42.9 Å². The predicted molar refractivity (Wildman–Crippen MR) is 139 cm³/mol. The lowest BCUT2D eigenvalue weighted by Gasteiger charge is -2.28. The first-order valence-corrected chi connectivity index (χ1v) is 11.7. The summed E-state index contributed by atoms with van der Waals surface area (Å²) in [5.41, 5.74) is 1.69. The Hall–Kier alpha value is -0.860. The van der Waals surface area contributed by atoms with Crippen LogP contribution in [0, 0.1) is 0 Å². The van der Waals surface area contributed by atoms with Gasteiger partial charge in [-0.05, 0) is 64.9 Å². The highest BCUT2D eigenvalue weighted by molar-refractivity contribution is 14.0. The lowest BCUT2D eigenvalue weighted by atomic mass is 9.79. The third kappa shape index (κ3) is 7.68. The summed E-state index contributed by atoms with van der Waals surface area (Å²) in [5.74, 6) is 0.977. The van der Waals surface area contributed by atoms with Crippen LogP contribution in [0.2, 0.25) is 0 Å². The van der Waals surface area contributed by atoms with E-state index in [9.17, 15) is 0 Å². The maximum Gasteiger partial charge on any atom is 0.191 e. The van der Waals surface area contributed by atoms with Crippen molar-refractivity contribution in [1.29, 1.82) is 0 Å². The van der Waals surface area contributed by atoms with Crippen LogP contribution in [-0.2, 0) is 5.41 Å². The molecule has 0 atom stereocenters. The van der Waals surface area contributed by atoms with Crippen molar-refractivity contribution in [3.8, 4) is 0 Å².